The van der Waals surface area contributed by atoms with Gasteiger partial charge in [0.15, 0.2) is 11.0 Å². The molecule has 2 heterocycles. The van der Waals surface area contributed by atoms with Crippen molar-refractivity contribution in [1.29, 1.82) is 0 Å². The summed E-state index contributed by atoms with van der Waals surface area (Å²) in [7, 11) is 1.65. The molecule has 0 unspecified atom stereocenters. The van der Waals surface area contributed by atoms with Gasteiger partial charge in [-0.05, 0) is 61.6 Å². The zero-order valence-corrected chi connectivity index (χ0v) is 21.0. The van der Waals surface area contributed by atoms with Gasteiger partial charge in [-0.15, -0.1) is 10.2 Å². The molecule has 1 aliphatic heterocycles. The molecular weight excluding hydrogens is 448 g/mol. The summed E-state index contributed by atoms with van der Waals surface area (Å²) < 4.78 is 13.0. The quantitative estimate of drug-likeness (QED) is 0.442. The van der Waals surface area contributed by atoms with Crippen LogP contribution in [0.5, 0.6) is 5.75 Å². The molecule has 8 heteroatoms. The van der Waals surface area contributed by atoms with Crippen molar-refractivity contribution in [1.82, 2.24) is 20.1 Å². The summed E-state index contributed by atoms with van der Waals surface area (Å²) in [6.45, 7) is 7.56. The molecule has 1 aromatic heterocycles. The molecule has 7 nitrogen and oxygen atoms in total. The fourth-order valence-electron chi connectivity index (χ4n) is 4.05. The van der Waals surface area contributed by atoms with E-state index in [-0.39, 0.29) is 17.3 Å². The van der Waals surface area contributed by atoms with Gasteiger partial charge in [0.1, 0.15) is 5.75 Å². The maximum Gasteiger partial charge on any atom is 0.233 e. The molecule has 0 saturated carbocycles. The molecule has 1 saturated heterocycles. The first-order chi connectivity index (χ1) is 16.5. The summed E-state index contributed by atoms with van der Waals surface area (Å²) in [5, 5.41) is 12.4. The summed E-state index contributed by atoms with van der Waals surface area (Å²) in [4.78, 5) is 12.8. The van der Waals surface area contributed by atoms with Crippen LogP contribution in [-0.4, -0.2) is 52.3 Å². The number of thioether (sulfide) groups is 1. The second-order valence-corrected chi connectivity index (χ2v) is 10.0. The van der Waals surface area contributed by atoms with Crippen LogP contribution >= 0.6 is 11.8 Å². The van der Waals surface area contributed by atoms with Crippen molar-refractivity contribution >= 4 is 17.7 Å². The van der Waals surface area contributed by atoms with Crippen LogP contribution < -0.4 is 10.1 Å². The van der Waals surface area contributed by atoms with Crippen LogP contribution in [0.1, 0.15) is 45.1 Å². The number of hydrogen-bond donors (Lipinski definition) is 1. The summed E-state index contributed by atoms with van der Waals surface area (Å²) in [5.41, 5.74) is 3.13. The Labute approximate surface area is 205 Å². The summed E-state index contributed by atoms with van der Waals surface area (Å²) in [6.07, 6.45) is 2.16. The van der Waals surface area contributed by atoms with Crippen LogP contribution in [0.4, 0.5) is 0 Å². The lowest BCUT2D eigenvalue weighted by Gasteiger charge is -2.18. The largest absolute Gasteiger partial charge is 0.497 e. The van der Waals surface area contributed by atoms with Crippen LogP contribution in [0.3, 0.4) is 0 Å². The molecule has 1 aliphatic rings. The lowest BCUT2D eigenvalue weighted by Crippen LogP contribution is -2.36. The molecule has 1 N–H and O–H groups in total. The molecule has 2 aromatic carbocycles. The van der Waals surface area contributed by atoms with E-state index in [4.69, 9.17) is 9.47 Å². The number of para-hydroxylation sites is 1. The minimum Gasteiger partial charge on any atom is -0.497 e. The van der Waals surface area contributed by atoms with E-state index in [2.05, 4.69) is 46.1 Å². The number of rotatable bonds is 9. The van der Waals surface area contributed by atoms with Gasteiger partial charge >= 0.3 is 0 Å². The summed E-state index contributed by atoms with van der Waals surface area (Å²) in [5.74, 6) is 1.79. The second kappa shape index (κ2) is 11.1. The lowest BCUT2D eigenvalue weighted by atomic mass is 10.0. The minimum atomic E-state index is -0.334. The Kier molecular flexibility index (Phi) is 7.90. The van der Waals surface area contributed by atoms with Gasteiger partial charge in [-0.25, -0.2) is 0 Å². The molecule has 2 atom stereocenters. The average Bonchev–Trinajstić information content (AvgIpc) is 3.52. The first-order valence-electron chi connectivity index (χ1n) is 11.7. The van der Waals surface area contributed by atoms with Crippen molar-refractivity contribution in [2.45, 2.75) is 56.0 Å². The Morgan fingerprint density at radius 2 is 1.94 bits per heavy atom. The Bertz CT molecular complexity index is 1110. The van der Waals surface area contributed by atoms with E-state index in [1.54, 1.807) is 7.11 Å². The maximum atomic E-state index is 12.8. The third kappa shape index (κ3) is 5.45. The van der Waals surface area contributed by atoms with Crippen molar-refractivity contribution < 1.29 is 14.3 Å². The Hall–Kier alpha value is -2.84. The molecule has 1 fully saturated rings. The van der Waals surface area contributed by atoms with E-state index in [0.29, 0.717) is 17.6 Å². The first kappa shape index (κ1) is 24.3. The highest BCUT2D eigenvalue weighted by Crippen LogP contribution is 2.34. The van der Waals surface area contributed by atoms with Crippen molar-refractivity contribution in [3.05, 3.63) is 54.1 Å². The third-order valence-electron chi connectivity index (χ3n) is 5.96. The van der Waals surface area contributed by atoms with E-state index < -0.39 is 0 Å². The first-order valence-corrected chi connectivity index (χ1v) is 12.6. The number of carbonyl (C=O) groups excluding carboxylic acids is 1. The fraction of sp³-hybridized carbons (Fsp3) is 0.423. The zero-order chi connectivity index (χ0) is 24.1. The van der Waals surface area contributed by atoms with E-state index in [9.17, 15) is 4.79 Å². The molecular formula is C26H32N4O3S. The van der Waals surface area contributed by atoms with Gasteiger partial charge in [0.2, 0.25) is 5.91 Å². The smallest absolute Gasteiger partial charge is 0.233 e. The fourth-order valence-corrected chi connectivity index (χ4v) is 4.93. The number of hydrogen-bond acceptors (Lipinski definition) is 6. The van der Waals surface area contributed by atoms with Gasteiger partial charge in [-0.1, -0.05) is 43.8 Å². The van der Waals surface area contributed by atoms with Crippen LogP contribution in [0.25, 0.3) is 17.1 Å². The van der Waals surface area contributed by atoms with Gasteiger partial charge < -0.3 is 14.8 Å². The van der Waals surface area contributed by atoms with Crippen LogP contribution in [-0.2, 0) is 9.53 Å². The topological polar surface area (TPSA) is 78.3 Å². The lowest BCUT2D eigenvalue weighted by molar-refractivity contribution is -0.120. The minimum absolute atomic E-state index is 0.0295. The number of carbonyl (C=O) groups is 1. The Morgan fingerprint density at radius 3 is 2.62 bits per heavy atom. The molecule has 0 aliphatic carbocycles. The third-order valence-corrected chi connectivity index (χ3v) is 7.00. The predicted molar refractivity (Wildman–Crippen MR) is 135 cm³/mol. The summed E-state index contributed by atoms with van der Waals surface area (Å²) in [6, 6.07) is 16.1. The van der Waals surface area contributed by atoms with Crippen molar-refractivity contribution in [3.63, 3.8) is 0 Å². The number of amides is 1. The molecule has 0 radical (unpaired) electrons. The monoisotopic (exact) mass is 480 g/mol. The van der Waals surface area contributed by atoms with Crippen LogP contribution in [0, 0.1) is 0 Å². The molecule has 0 bridgehead atoms. The Balaban J connectivity index is 1.65. The second-order valence-electron chi connectivity index (χ2n) is 8.72. The van der Waals surface area contributed by atoms with E-state index >= 15 is 0 Å². The van der Waals surface area contributed by atoms with Crippen molar-refractivity contribution in [3.8, 4) is 22.8 Å². The molecule has 4 rings (SSSR count). The number of methoxy groups -OCH3 is 1. The average molecular weight is 481 g/mol. The molecule has 34 heavy (non-hydrogen) atoms. The van der Waals surface area contributed by atoms with E-state index in [1.165, 1.54) is 17.3 Å². The van der Waals surface area contributed by atoms with Gasteiger partial charge in [0, 0.05) is 18.7 Å². The molecule has 0 spiro atoms. The van der Waals surface area contributed by atoms with E-state index in [0.717, 1.165) is 42.3 Å². The predicted octanol–water partition coefficient (Wildman–Crippen LogP) is 4.84. The van der Waals surface area contributed by atoms with Gasteiger partial charge in [-0.2, -0.15) is 0 Å². The SMILES string of the molecule is COc1ccc(-c2nnc(S[C@H](C)C(=O)NC[C@@H]3CCCO3)n2-c2ccccc2C(C)C)cc1. The highest BCUT2D eigenvalue weighted by molar-refractivity contribution is 8.00. The Morgan fingerprint density at radius 1 is 1.18 bits per heavy atom. The summed E-state index contributed by atoms with van der Waals surface area (Å²) >= 11 is 1.41. The molecule has 3 aromatic rings. The number of ether oxygens (including phenoxy) is 2. The zero-order valence-electron chi connectivity index (χ0n) is 20.2. The van der Waals surface area contributed by atoms with E-state index in [1.807, 2.05) is 43.3 Å². The van der Waals surface area contributed by atoms with Crippen molar-refractivity contribution in [2.24, 2.45) is 0 Å². The number of benzene rings is 2. The highest BCUT2D eigenvalue weighted by Gasteiger charge is 2.24. The number of aromatic nitrogens is 3. The normalized spacial score (nSPS) is 16.6. The number of nitrogens with zero attached hydrogens (tertiary/aromatic N) is 3. The van der Waals surface area contributed by atoms with Gasteiger partial charge in [-0.3, -0.25) is 9.36 Å². The van der Waals surface area contributed by atoms with Crippen molar-refractivity contribution in [2.75, 3.05) is 20.3 Å². The standard InChI is InChI=1S/C26H32N4O3S/c1-17(2)22-9-5-6-10-23(22)30-24(19-11-13-20(32-4)14-12-19)28-29-26(30)34-18(3)25(31)27-16-21-8-7-15-33-21/h5-6,9-14,17-18,21H,7-8,15-16H2,1-4H3,(H,27,31)/t18-,21+/m1/s1. The maximum absolute atomic E-state index is 12.8. The number of nitrogens with one attached hydrogen (secondary N) is 1. The van der Waals surface area contributed by atoms with Crippen LogP contribution in [0.15, 0.2) is 53.7 Å². The highest BCUT2D eigenvalue weighted by atomic mass is 32.2. The van der Waals surface area contributed by atoms with Gasteiger partial charge in [0.05, 0.1) is 24.2 Å². The molecule has 180 valence electrons. The van der Waals surface area contributed by atoms with Gasteiger partial charge in [0.25, 0.3) is 0 Å². The molecule has 1 amide bonds. The van der Waals surface area contributed by atoms with Crippen LogP contribution in [0.2, 0.25) is 0 Å².